The van der Waals surface area contributed by atoms with Crippen LogP contribution in [0.4, 0.5) is 0 Å². The second-order valence-electron chi connectivity index (χ2n) is 2.97. The van der Waals surface area contributed by atoms with Crippen molar-refractivity contribution >= 4 is 5.97 Å². The number of carbonyl (C=O) groups is 1. The van der Waals surface area contributed by atoms with Crippen LogP contribution >= 0.6 is 0 Å². The summed E-state index contributed by atoms with van der Waals surface area (Å²) in [7, 11) is 0. The Morgan fingerprint density at radius 3 is 1.92 bits per heavy atom. The number of nitrogens with one attached hydrogen (secondary N) is 1. The number of rotatable bonds is 7. The zero-order valence-corrected chi connectivity index (χ0v) is 7.23. The van der Waals surface area contributed by atoms with Gasteiger partial charge in [0, 0.05) is 6.54 Å². The van der Waals surface area contributed by atoms with Gasteiger partial charge in [0.15, 0.2) is 0 Å². The van der Waals surface area contributed by atoms with Crippen molar-refractivity contribution in [3.63, 3.8) is 0 Å². The van der Waals surface area contributed by atoms with Gasteiger partial charge in [-0.3, -0.25) is 4.79 Å². The molecule has 6 nitrogen and oxygen atoms in total. The maximum absolute atomic E-state index is 10.1. The number of aliphatic carboxylic acids is 1. The number of aliphatic hydroxyl groups excluding tert-OH is 3. The molecule has 0 aliphatic rings. The average Bonchev–Trinajstić information content (AvgIpc) is 2.13. The lowest BCUT2D eigenvalue weighted by Crippen LogP contribution is -2.44. The smallest absolute Gasteiger partial charge is 0.317 e. The maximum atomic E-state index is 10.1. The molecule has 5 N–H and O–H groups in total. The lowest BCUT2D eigenvalue weighted by atomic mass is 9.91. The fourth-order valence-electron chi connectivity index (χ4n) is 0.752. The first-order chi connectivity index (χ1) is 6.10. The highest BCUT2D eigenvalue weighted by Crippen LogP contribution is 2.12. The predicted molar refractivity (Wildman–Crippen MR) is 44.2 cm³/mol. The van der Waals surface area contributed by atoms with E-state index in [0.717, 1.165) is 0 Å². The van der Waals surface area contributed by atoms with Gasteiger partial charge in [0.2, 0.25) is 0 Å². The molecule has 13 heavy (non-hydrogen) atoms. The Kier molecular flexibility index (Phi) is 5.56. The highest BCUT2D eigenvalue weighted by Gasteiger charge is 2.27. The molecular formula is C7H15NO5. The molecule has 0 saturated carbocycles. The molecule has 0 aromatic heterocycles. The van der Waals surface area contributed by atoms with Crippen molar-refractivity contribution in [2.75, 3.05) is 32.9 Å². The number of aliphatic hydroxyl groups is 3. The molecule has 0 aliphatic carbocycles. The van der Waals surface area contributed by atoms with Crippen LogP contribution in [0.3, 0.4) is 0 Å². The lowest BCUT2D eigenvalue weighted by molar-refractivity contribution is -0.136. The first-order valence-corrected chi connectivity index (χ1v) is 3.85. The molecule has 0 fully saturated rings. The summed E-state index contributed by atoms with van der Waals surface area (Å²) in [5, 5.41) is 37.3. The van der Waals surface area contributed by atoms with Crippen molar-refractivity contribution in [3.8, 4) is 0 Å². The van der Waals surface area contributed by atoms with Crippen LogP contribution in [0.2, 0.25) is 0 Å². The molecule has 0 radical (unpaired) electrons. The van der Waals surface area contributed by atoms with E-state index in [4.69, 9.17) is 20.4 Å². The van der Waals surface area contributed by atoms with Gasteiger partial charge >= 0.3 is 5.97 Å². The minimum Gasteiger partial charge on any atom is -0.480 e. The van der Waals surface area contributed by atoms with Gasteiger partial charge in [0.05, 0.1) is 31.8 Å². The number of hydrogen-bond donors (Lipinski definition) is 5. The van der Waals surface area contributed by atoms with Crippen LogP contribution in [-0.4, -0.2) is 59.3 Å². The van der Waals surface area contributed by atoms with Gasteiger partial charge in [-0.25, -0.2) is 0 Å². The van der Waals surface area contributed by atoms with Crippen LogP contribution in [0, 0.1) is 5.41 Å². The predicted octanol–water partition coefficient (Wildman–Crippen LogP) is -2.38. The Morgan fingerprint density at radius 2 is 1.62 bits per heavy atom. The zero-order valence-electron chi connectivity index (χ0n) is 7.23. The third-order valence-electron chi connectivity index (χ3n) is 1.78. The van der Waals surface area contributed by atoms with Crippen molar-refractivity contribution < 1.29 is 25.2 Å². The van der Waals surface area contributed by atoms with E-state index in [0.29, 0.717) is 0 Å². The third-order valence-corrected chi connectivity index (χ3v) is 1.78. The summed E-state index contributed by atoms with van der Waals surface area (Å²) in [6.45, 7) is -1.39. The molecule has 78 valence electrons. The Hall–Kier alpha value is -0.690. The van der Waals surface area contributed by atoms with E-state index < -0.39 is 31.2 Å². The summed E-state index contributed by atoms with van der Waals surface area (Å²) in [5.74, 6) is -1.03. The van der Waals surface area contributed by atoms with Crippen molar-refractivity contribution in [3.05, 3.63) is 0 Å². The Labute approximate surface area is 75.8 Å². The summed E-state index contributed by atoms with van der Waals surface area (Å²) in [5.41, 5.74) is -1.05. The van der Waals surface area contributed by atoms with E-state index in [1.54, 1.807) is 0 Å². The topological polar surface area (TPSA) is 110 Å². The molecule has 0 aromatic carbocycles. The standard InChI is InChI=1S/C7H15NO5/c9-3-7(4-10,5-11)2-8-1-6(12)13/h8-11H,1-5H2,(H,12,13). The molecule has 0 heterocycles. The van der Waals surface area contributed by atoms with Crippen LogP contribution in [0.5, 0.6) is 0 Å². The molecule has 0 rings (SSSR count). The van der Waals surface area contributed by atoms with E-state index in [-0.39, 0.29) is 13.1 Å². The van der Waals surface area contributed by atoms with Gasteiger partial charge in [0.25, 0.3) is 0 Å². The molecule has 0 bridgehead atoms. The molecule has 0 amide bonds. The molecule has 0 saturated heterocycles. The van der Waals surface area contributed by atoms with Gasteiger partial charge in [-0.2, -0.15) is 0 Å². The second-order valence-corrected chi connectivity index (χ2v) is 2.97. The van der Waals surface area contributed by atoms with E-state index in [1.165, 1.54) is 0 Å². The van der Waals surface area contributed by atoms with Gasteiger partial charge in [-0.1, -0.05) is 0 Å². The molecule has 0 aliphatic heterocycles. The minimum atomic E-state index is -1.05. The zero-order chi connectivity index (χ0) is 10.3. The van der Waals surface area contributed by atoms with Crippen molar-refractivity contribution in [1.82, 2.24) is 5.32 Å². The first-order valence-electron chi connectivity index (χ1n) is 3.85. The van der Waals surface area contributed by atoms with Crippen LogP contribution < -0.4 is 5.32 Å². The molecule has 0 spiro atoms. The van der Waals surface area contributed by atoms with E-state index in [9.17, 15) is 4.79 Å². The van der Waals surface area contributed by atoms with Gasteiger partial charge in [-0.05, 0) is 0 Å². The maximum Gasteiger partial charge on any atom is 0.317 e. The van der Waals surface area contributed by atoms with Crippen LogP contribution in [0.15, 0.2) is 0 Å². The second kappa shape index (κ2) is 5.87. The Bertz CT molecular complexity index is 149. The minimum absolute atomic E-state index is 0.0583. The van der Waals surface area contributed by atoms with E-state index in [2.05, 4.69) is 5.32 Å². The van der Waals surface area contributed by atoms with Crippen LogP contribution in [0.1, 0.15) is 0 Å². The first kappa shape index (κ1) is 12.3. The largest absolute Gasteiger partial charge is 0.480 e. The van der Waals surface area contributed by atoms with Crippen LogP contribution in [-0.2, 0) is 4.79 Å². The lowest BCUT2D eigenvalue weighted by Gasteiger charge is -2.27. The normalized spacial score (nSPS) is 11.6. The molecule has 0 unspecified atom stereocenters. The molecule has 6 heteroatoms. The summed E-state index contributed by atoms with van der Waals surface area (Å²) in [6.07, 6.45) is 0. The molecular weight excluding hydrogens is 178 g/mol. The number of carboxylic acid groups (broad SMARTS) is 1. The van der Waals surface area contributed by atoms with Gasteiger partial charge in [0.1, 0.15) is 0 Å². The highest BCUT2D eigenvalue weighted by molar-refractivity contribution is 5.68. The fraction of sp³-hybridized carbons (Fsp3) is 0.857. The fourth-order valence-corrected chi connectivity index (χ4v) is 0.752. The monoisotopic (exact) mass is 193 g/mol. The summed E-state index contributed by atoms with van der Waals surface area (Å²) >= 11 is 0. The highest BCUT2D eigenvalue weighted by atomic mass is 16.4. The summed E-state index contributed by atoms with van der Waals surface area (Å²) in [6, 6.07) is 0. The molecule has 0 aromatic rings. The summed E-state index contributed by atoms with van der Waals surface area (Å²) < 4.78 is 0. The quantitative estimate of drug-likeness (QED) is 0.309. The average molecular weight is 193 g/mol. The SMILES string of the molecule is O=C(O)CNCC(CO)(CO)CO. The number of hydrogen-bond acceptors (Lipinski definition) is 5. The third kappa shape index (κ3) is 4.18. The van der Waals surface area contributed by atoms with Crippen molar-refractivity contribution in [2.24, 2.45) is 5.41 Å². The Morgan fingerprint density at radius 1 is 1.15 bits per heavy atom. The van der Waals surface area contributed by atoms with Crippen molar-refractivity contribution in [1.29, 1.82) is 0 Å². The van der Waals surface area contributed by atoms with Gasteiger partial charge in [-0.15, -0.1) is 0 Å². The van der Waals surface area contributed by atoms with E-state index in [1.807, 2.05) is 0 Å². The summed E-state index contributed by atoms with van der Waals surface area (Å²) in [4.78, 5) is 10.1. The van der Waals surface area contributed by atoms with E-state index >= 15 is 0 Å². The van der Waals surface area contributed by atoms with Crippen LogP contribution in [0.25, 0.3) is 0 Å². The van der Waals surface area contributed by atoms with Gasteiger partial charge < -0.3 is 25.7 Å². The molecule has 0 atom stereocenters. The number of carboxylic acids is 1. The Balaban J connectivity index is 3.88. The van der Waals surface area contributed by atoms with Crippen molar-refractivity contribution in [2.45, 2.75) is 0 Å².